The molecule has 0 bridgehead atoms. The van der Waals surface area contributed by atoms with E-state index >= 15 is 0 Å². The highest BCUT2D eigenvalue weighted by Gasteiger charge is 2.21. The third-order valence-corrected chi connectivity index (χ3v) is 6.09. The minimum absolute atomic E-state index is 0.00515. The van der Waals surface area contributed by atoms with Crippen LogP contribution in [0.15, 0.2) is 47.8 Å². The van der Waals surface area contributed by atoms with Crippen molar-refractivity contribution in [3.05, 3.63) is 59.1 Å². The summed E-state index contributed by atoms with van der Waals surface area (Å²) in [6.45, 7) is 7.10. The smallest absolute Gasteiger partial charge is 0.268 e. The molecule has 142 valence electrons. The number of thiophene rings is 1. The van der Waals surface area contributed by atoms with Gasteiger partial charge in [-0.2, -0.15) is 0 Å². The Morgan fingerprint density at radius 1 is 1.22 bits per heavy atom. The first-order valence-electron chi connectivity index (χ1n) is 9.46. The summed E-state index contributed by atoms with van der Waals surface area (Å²) >= 11 is 1.68. The van der Waals surface area contributed by atoms with Crippen molar-refractivity contribution >= 4 is 27.5 Å². The Bertz CT molecular complexity index is 897. The Labute approximate surface area is 163 Å². The molecule has 3 heterocycles. The minimum atomic E-state index is -0.00515. The number of hydrogen-bond acceptors (Lipinski definition) is 4. The van der Waals surface area contributed by atoms with E-state index in [1.54, 1.807) is 11.3 Å². The molecule has 1 amide bonds. The lowest BCUT2D eigenvalue weighted by Gasteiger charge is -2.26. The van der Waals surface area contributed by atoms with Crippen LogP contribution in [0.2, 0.25) is 0 Å². The van der Waals surface area contributed by atoms with Crippen LogP contribution in [0.3, 0.4) is 0 Å². The molecular formula is C21H25N3O2S. The van der Waals surface area contributed by atoms with E-state index in [1.807, 2.05) is 24.3 Å². The van der Waals surface area contributed by atoms with Crippen molar-refractivity contribution in [1.29, 1.82) is 0 Å². The summed E-state index contributed by atoms with van der Waals surface area (Å²) in [5.41, 5.74) is 1.93. The maximum Gasteiger partial charge on any atom is 0.268 e. The number of rotatable bonds is 6. The number of amides is 1. The fourth-order valence-corrected chi connectivity index (χ4v) is 4.60. The van der Waals surface area contributed by atoms with E-state index in [1.165, 1.54) is 5.56 Å². The predicted molar refractivity (Wildman–Crippen MR) is 110 cm³/mol. The van der Waals surface area contributed by atoms with Gasteiger partial charge in [0.15, 0.2) is 0 Å². The van der Waals surface area contributed by atoms with Gasteiger partial charge < -0.3 is 14.6 Å². The monoisotopic (exact) mass is 383 g/mol. The first-order chi connectivity index (χ1) is 13.2. The molecule has 3 aromatic rings. The van der Waals surface area contributed by atoms with Crippen LogP contribution in [0.1, 0.15) is 29.0 Å². The molecule has 0 saturated carbocycles. The Morgan fingerprint density at radius 2 is 2.00 bits per heavy atom. The molecule has 1 atom stereocenters. The molecule has 6 heteroatoms. The van der Waals surface area contributed by atoms with Crippen LogP contribution in [0.25, 0.3) is 10.2 Å². The first-order valence-corrected chi connectivity index (χ1v) is 10.3. The number of carbonyl (C=O) groups excluding carboxylic acids is 1. The van der Waals surface area contributed by atoms with Gasteiger partial charge in [-0.25, -0.2) is 0 Å². The van der Waals surface area contributed by atoms with E-state index in [2.05, 4.69) is 45.3 Å². The minimum Gasteiger partial charge on any atom is -0.379 e. The molecule has 1 aliphatic rings. The van der Waals surface area contributed by atoms with Crippen LogP contribution < -0.4 is 5.32 Å². The lowest BCUT2D eigenvalue weighted by molar-refractivity contribution is 0.0383. The fraction of sp³-hybridized carbons (Fsp3) is 0.381. The fourth-order valence-electron chi connectivity index (χ4n) is 3.63. The number of carbonyl (C=O) groups is 1. The zero-order valence-electron chi connectivity index (χ0n) is 15.6. The van der Waals surface area contributed by atoms with Gasteiger partial charge >= 0.3 is 0 Å². The van der Waals surface area contributed by atoms with Gasteiger partial charge in [-0.15, -0.1) is 11.3 Å². The van der Waals surface area contributed by atoms with E-state index in [0.717, 1.165) is 48.8 Å². The number of nitrogens with zero attached hydrogens (tertiary/aromatic N) is 2. The van der Waals surface area contributed by atoms with Crippen LogP contribution in [-0.4, -0.2) is 54.8 Å². The van der Waals surface area contributed by atoms with Gasteiger partial charge in [0.1, 0.15) is 10.5 Å². The molecule has 5 nitrogen and oxygen atoms in total. The Hall–Kier alpha value is -2.15. The molecule has 27 heavy (non-hydrogen) atoms. The van der Waals surface area contributed by atoms with E-state index in [9.17, 15) is 4.79 Å². The maximum atomic E-state index is 12.9. The van der Waals surface area contributed by atoms with Gasteiger partial charge in [0.25, 0.3) is 5.91 Å². The number of morpholine rings is 1. The highest BCUT2D eigenvalue weighted by molar-refractivity contribution is 7.16. The zero-order valence-corrected chi connectivity index (χ0v) is 16.4. The molecule has 1 unspecified atom stereocenters. The summed E-state index contributed by atoms with van der Waals surface area (Å²) < 4.78 is 7.54. The molecule has 1 fully saturated rings. The highest BCUT2D eigenvalue weighted by Crippen LogP contribution is 2.31. The van der Waals surface area contributed by atoms with Crippen LogP contribution >= 0.6 is 11.3 Å². The Morgan fingerprint density at radius 3 is 2.78 bits per heavy atom. The molecule has 1 aliphatic heterocycles. The second-order valence-corrected chi connectivity index (χ2v) is 7.77. The lowest BCUT2D eigenvalue weighted by Crippen LogP contribution is -2.41. The number of fused-ring (bicyclic) bond motifs is 1. The third-order valence-electron chi connectivity index (χ3n) is 5.16. The van der Waals surface area contributed by atoms with Crippen LogP contribution in [-0.2, 0) is 4.74 Å². The van der Waals surface area contributed by atoms with Crippen molar-refractivity contribution in [1.82, 2.24) is 14.8 Å². The van der Waals surface area contributed by atoms with Gasteiger partial charge in [0.2, 0.25) is 0 Å². The van der Waals surface area contributed by atoms with Crippen LogP contribution in [0.5, 0.6) is 0 Å². The second kappa shape index (κ2) is 8.25. The molecule has 0 radical (unpaired) electrons. The van der Waals surface area contributed by atoms with E-state index in [-0.39, 0.29) is 11.9 Å². The quantitative estimate of drug-likeness (QED) is 0.710. The topological polar surface area (TPSA) is 46.5 Å². The molecule has 1 aromatic carbocycles. The first kappa shape index (κ1) is 18.2. The van der Waals surface area contributed by atoms with Crippen LogP contribution in [0, 0.1) is 0 Å². The number of nitrogens with one attached hydrogen (secondary N) is 1. The van der Waals surface area contributed by atoms with Gasteiger partial charge in [-0.3, -0.25) is 9.69 Å². The molecule has 1 N–H and O–H groups in total. The van der Waals surface area contributed by atoms with Crippen molar-refractivity contribution in [2.45, 2.75) is 13.0 Å². The molecule has 0 aliphatic carbocycles. The standard InChI is InChI=1S/C21H25N3O2S/c1-16(17-5-3-2-4-6-17)24-19(15-18-7-14-27-21(18)24)20(25)22-8-9-23-10-12-26-13-11-23/h2-7,14-16H,8-13H2,1H3,(H,22,25). The van der Waals surface area contributed by atoms with Crippen molar-refractivity contribution in [2.24, 2.45) is 0 Å². The van der Waals surface area contributed by atoms with Crippen molar-refractivity contribution in [3.63, 3.8) is 0 Å². The number of benzene rings is 1. The Kier molecular flexibility index (Phi) is 5.57. The summed E-state index contributed by atoms with van der Waals surface area (Å²) in [5, 5.41) is 6.31. The molecular weight excluding hydrogens is 358 g/mol. The third kappa shape index (κ3) is 3.93. The zero-order chi connectivity index (χ0) is 18.6. The van der Waals surface area contributed by atoms with Gasteiger partial charge in [0, 0.05) is 31.6 Å². The summed E-state index contributed by atoms with van der Waals surface area (Å²) in [7, 11) is 0. The number of hydrogen-bond donors (Lipinski definition) is 1. The van der Waals surface area contributed by atoms with Gasteiger partial charge in [-0.05, 0) is 30.0 Å². The molecule has 2 aromatic heterocycles. The Balaban J connectivity index is 1.52. The molecule has 1 saturated heterocycles. The predicted octanol–water partition coefficient (Wildman–Crippen LogP) is 3.37. The van der Waals surface area contributed by atoms with Gasteiger partial charge in [-0.1, -0.05) is 30.3 Å². The number of aromatic nitrogens is 1. The van der Waals surface area contributed by atoms with Gasteiger partial charge in [0.05, 0.1) is 19.3 Å². The normalized spacial score (nSPS) is 16.5. The van der Waals surface area contributed by atoms with E-state index < -0.39 is 0 Å². The van der Waals surface area contributed by atoms with Crippen molar-refractivity contribution in [3.8, 4) is 0 Å². The summed E-state index contributed by atoms with van der Waals surface area (Å²) in [5.74, 6) is -0.00515. The average Bonchev–Trinajstić information content (AvgIpc) is 3.30. The summed E-state index contributed by atoms with van der Waals surface area (Å²) in [6.07, 6.45) is 0. The average molecular weight is 384 g/mol. The van der Waals surface area contributed by atoms with E-state index in [4.69, 9.17) is 4.74 Å². The number of ether oxygens (including phenoxy) is 1. The summed E-state index contributed by atoms with van der Waals surface area (Å²) in [6, 6.07) is 14.5. The highest BCUT2D eigenvalue weighted by atomic mass is 32.1. The largest absolute Gasteiger partial charge is 0.379 e. The van der Waals surface area contributed by atoms with Crippen molar-refractivity contribution in [2.75, 3.05) is 39.4 Å². The molecule has 0 spiro atoms. The van der Waals surface area contributed by atoms with Crippen LogP contribution in [0.4, 0.5) is 0 Å². The lowest BCUT2D eigenvalue weighted by atomic mass is 10.1. The van der Waals surface area contributed by atoms with E-state index in [0.29, 0.717) is 6.54 Å². The second-order valence-electron chi connectivity index (χ2n) is 6.88. The SMILES string of the molecule is CC(c1ccccc1)n1c(C(=O)NCCN2CCOCC2)cc2ccsc21. The summed E-state index contributed by atoms with van der Waals surface area (Å²) in [4.78, 5) is 16.4. The van der Waals surface area contributed by atoms with Crippen molar-refractivity contribution < 1.29 is 9.53 Å². The molecule has 4 rings (SSSR count). The maximum absolute atomic E-state index is 12.9.